The zero-order chi connectivity index (χ0) is 22.6. The van der Waals surface area contributed by atoms with Crippen molar-refractivity contribution in [3.05, 3.63) is 78.6 Å². The number of amides is 1. The van der Waals surface area contributed by atoms with Gasteiger partial charge in [-0.05, 0) is 68.5 Å². The van der Waals surface area contributed by atoms with Crippen molar-refractivity contribution >= 4 is 15.9 Å². The van der Waals surface area contributed by atoms with Gasteiger partial charge in [0, 0.05) is 24.4 Å². The number of carbonyl (C=O) groups is 1. The number of aromatic nitrogens is 2. The summed E-state index contributed by atoms with van der Waals surface area (Å²) in [6.45, 7) is 1.98. The summed E-state index contributed by atoms with van der Waals surface area (Å²) in [6.07, 6.45) is 6.09. The van der Waals surface area contributed by atoms with E-state index in [0.29, 0.717) is 25.7 Å². The quantitative estimate of drug-likeness (QED) is 0.573. The van der Waals surface area contributed by atoms with Crippen LogP contribution >= 0.6 is 0 Å². The number of hydrogen-bond acceptors (Lipinski definition) is 4. The van der Waals surface area contributed by atoms with E-state index in [2.05, 4.69) is 15.1 Å². The highest BCUT2D eigenvalue weighted by atomic mass is 32.2. The maximum Gasteiger partial charge on any atom is 0.240 e. The largest absolute Gasteiger partial charge is 0.349 e. The zero-order valence-electron chi connectivity index (χ0n) is 18.0. The van der Waals surface area contributed by atoms with Crippen molar-refractivity contribution in [2.75, 3.05) is 0 Å². The maximum atomic E-state index is 12.8. The fourth-order valence-corrected chi connectivity index (χ4v) is 5.42. The van der Waals surface area contributed by atoms with E-state index in [4.69, 9.17) is 0 Å². The van der Waals surface area contributed by atoms with Crippen molar-refractivity contribution < 1.29 is 13.2 Å². The minimum atomic E-state index is -3.62. The van der Waals surface area contributed by atoms with Crippen molar-refractivity contribution in [2.45, 2.75) is 49.6 Å². The topological polar surface area (TPSA) is 93.1 Å². The van der Waals surface area contributed by atoms with Gasteiger partial charge < -0.3 is 5.32 Å². The highest BCUT2D eigenvalue weighted by Gasteiger charge is 2.29. The highest BCUT2D eigenvalue weighted by Crippen LogP contribution is 2.27. The normalized spacial score (nSPS) is 19.9. The van der Waals surface area contributed by atoms with Gasteiger partial charge in [0.15, 0.2) is 0 Å². The summed E-state index contributed by atoms with van der Waals surface area (Å²) in [6, 6.07) is 18.1. The standard InChI is InChI=1S/C24H28N4O3S/c1-18(19-6-3-2-4-7-19)26-24(29)20-8-10-21(11-9-20)27-32(30,31)23-14-12-22(13-15-23)28-17-5-16-25-28/h2-7,12-18,20-21,27H,8-11H2,1H3,(H,26,29)/t18-,20-,21-/m1/s1. The lowest BCUT2D eigenvalue weighted by Crippen LogP contribution is -2.41. The van der Waals surface area contributed by atoms with Crippen LogP contribution < -0.4 is 10.0 Å². The van der Waals surface area contributed by atoms with E-state index in [-0.39, 0.29) is 28.8 Å². The van der Waals surface area contributed by atoms with Crippen LogP contribution in [0.25, 0.3) is 5.69 Å². The molecule has 1 heterocycles. The lowest BCUT2D eigenvalue weighted by molar-refractivity contribution is -0.126. The molecular formula is C24H28N4O3S. The Bertz CT molecular complexity index is 1120. The lowest BCUT2D eigenvalue weighted by atomic mass is 9.85. The summed E-state index contributed by atoms with van der Waals surface area (Å²) in [5.41, 5.74) is 1.87. The molecular weight excluding hydrogens is 424 g/mol. The molecule has 8 heteroatoms. The number of nitrogens with one attached hydrogen (secondary N) is 2. The third kappa shape index (κ3) is 5.26. The average Bonchev–Trinajstić information content (AvgIpc) is 3.35. The van der Waals surface area contributed by atoms with E-state index >= 15 is 0 Å². The molecule has 7 nitrogen and oxygen atoms in total. The summed E-state index contributed by atoms with van der Waals surface area (Å²) in [7, 11) is -3.62. The first-order valence-electron chi connectivity index (χ1n) is 10.9. The maximum absolute atomic E-state index is 12.8. The van der Waals surface area contributed by atoms with Crippen LogP contribution in [0.4, 0.5) is 0 Å². The fraction of sp³-hybridized carbons (Fsp3) is 0.333. The predicted molar refractivity (Wildman–Crippen MR) is 123 cm³/mol. The van der Waals surface area contributed by atoms with Gasteiger partial charge in [-0.3, -0.25) is 4.79 Å². The molecule has 0 bridgehead atoms. The molecule has 32 heavy (non-hydrogen) atoms. The summed E-state index contributed by atoms with van der Waals surface area (Å²) in [5.74, 6) is -0.0489. The number of benzene rings is 2. The Morgan fingerprint density at radius 3 is 2.31 bits per heavy atom. The van der Waals surface area contributed by atoms with E-state index in [9.17, 15) is 13.2 Å². The molecule has 1 atom stereocenters. The predicted octanol–water partition coefficient (Wildman–Crippen LogP) is 3.59. The number of sulfonamides is 1. The van der Waals surface area contributed by atoms with E-state index in [1.165, 1.54) is 0 Å². The van der Waals surface area contributed by atoms with Gasteiger partial charge in [0.25, 0.3) is 0 Å². The summed E-state index contributed by atoms with van der Waals surface area (Å²) < 4.78 is 30.1. The molecule has 4 rings (SSSR count). The van der Waals surface area contributed by atoms with Gasteiger partial charge in [-0.25, -0.2) is 17.8 Å². The van der Waals surface area contributed by atoms with Gasteiger partial charge in [-0.1, -0.05) is 30.3 Å². The Labute approximate surface area is 188 Å². The van der Waals surface area contributed by atoms with Gasteiger partial charge in [-0.2, -0.15) is 5.10 Å². The van der Waals surface area contributed by atoms with Crippen molar-refractivity contribution in [3.63, 3.8) is 0 Å². The first kappa shape index (κ1) is 22.2. The second-order valence-corrected chi connectivity index (χ2v) is 9.97. The molecule has 1 aliphatic carbocycles. The van der Waals surface area contributed by atoms with E-state index in [1.54, 1.807) is 41.3 Å². The Kier molecular flexibility index (Phi) is 6.72. The SMILES string of the molecule is C[C@@H](NC(=O)[C@H]1CC[C@H](NS(=O)(=O)c2ccc(-n3cccn3)cc2)CC1)c1ccccc1. The van der Waals surface area contributed by atoms with Crippen LogP contribution in [0.15, 0.2) is 78.0 Å². The third-order valence-electron chi connectivity index (χ3n) is 5.99. The van der Waals surface area contributed by atoms with Crippen LogP contribution in [0, 0.1) is 5.92 Å². The lowest BCUT2D eigenvalue weighted by Gasteiger charge is -2.29. The minimum absolute atomic E-state index is 0.0388. The molecule has 0 spiro atoms. The minimum Gasteiger partial charge on any atom is -0.349 e. The molecule has 0 unspecified atom stereocenters. The molecule has 0 saturated heterocycles. The van der Waals surface area contributed by atoms with Gasteiger partial charge in [0.05, 0.1) is 16.6 Å². The molecule has 1 aromatic heterocycles. The number of nitrogens with zero attached hydrogens (tertiary/aromatic N) is 2. The fourth-order valence-electron chi connectivity index (χ4n) is 4.12. The number of carbonyl (C=O) groups excluding carboxylic acids is 1. The Morgan fingerprint density at radius 2 is 1.69 bits per heavy atom. The monoisotopic (exact) mass is 452 g/mol. The van der Waals surface area contributed by atoms with Crippen LogP contribution in [0.3, 0.4) is 0 Å². The van der Waals surface area contributed by atoms with Crippen molar-refractivity contribution in [1.29, 1.82) is 0 Å². The molecule has 1 saturated carbocycles. The van der Waals surface area contributed by atoms with Gasteiger partial charge in [0.1, 0.15) is 0 Å². The molecule has 2 aromatic carbocycles. The van der Waals surface area contributed by atoms with Crippen LogP contribution in [0.2, 0.25) is 0 Å². The van der Waals surface area contributed by atoms with Crippen LogP contribution in [-0.2, 0) is 14.8 Å². The van der Waals surface area contributed by atoms with Crippen molar-refractivity contribution in [1.82, 2.24) is 19.8 Å². The molecule has 0 radical (unpaired) electrons. The Morgan fingerprint density at radius 1 is 1.00 bits per heavy atom. The van der Waals surface area contributed by atoms with Crippen molar-refractivity contribution in [2.24, 2.45) is 5.92 Å². The molecule has 168 valence electrons. The molecule has 1 amide bonds. The zero-order valence-corrected chi connectivity index (χ0v) is 18.8. The third-order valence-corrected chi connectivity index (χ3v) is 7.53. The number of rotatable bonds is 7. The summed E-state index contributed by atoms with van der Waals surface area (Å²) in [4.78, 5) is 12.9. The van der Waals surface area contributed by atoms with E-state index in [0.717, 1.165) is 11.3 Å². The first-order valence-corrected chi connectivity index (χ1v) is 12.4. The molecule has 3 aromatic rings. The van der Waals surface area contributed by atoms with Gasteiger partial charge >= 0.3 is 0 Å². The average molecular weight is 453 g/mol. The molecule has 1 fully saturated rings. The van der Waals surface area contributed by atoms with Gasteiger partial charge in [0.2, 0.25) is 15.9 Å². The van der Waals surface area contributed by atoms with Crippen LogP contribution in [-0.4, -0.2) is 30.1 Å². The second-order valence-electron chi connectivity index (χ2n) is 8.26. The van der Waals surface area contributed by atoms with E-state index < -0.39 is 10.0 Å². The molecule has 2 N–H and O–H groups in total. The van der Waals surface area contributed by atoms with E-state index in [1.807, 2.05) is 43.3 Å². The number of hydrogen-bond donors (Lipinski definition) is 2. The Hall–Kier alpha value is -2.97. The Balaban J connectivity index is 1.30. The van der Waals surface area contributed by atoms with Crippen molar-refractivity contribution in [3.8, 4) is 5.69 Å². The van der Waals surface area contributed by atoms with Gasteiger partial charge in [-0.15, -0.1) is 0 Å². The van der Waals surface area contributed by atoms with Crippen LogP contribution in [0.5, 0.6) is 0 Å². The summed E-state index contributed by atoms with van der Waals surface area (Å²) >= 11 is 0. The first-order chi connectivity index (χ1) is 15.4. The highest BCUT2D eigenvalue weighted by molar-refractivity contribution is 7.89. The summed E-state index contributed by atoms with van der Waals surface area (Å²) in [5, 5.41) is 7.23. The molecule has 1 aliphatic rings. The second kappa shape index (κ2) is 9.67. The smallest absolute Gasteiger partial charge is 0.240 e. The van der Waals surface area contributed by atoms with Crippen LogP contribution in [0.1, 0.15) is 44.2 Å². The molecule has 0 aliphatic heterocycles.